The van der Waals surface area contributed by atoms with Crippen LogP contribution in [0.2, 0.25) is 0 Å². The predicted molar refractivity (Wildman–Crippen MR) is 55.2 cm³/mol. The number of imidazole rings is 1. The first-order valence-corrected chi connectivity index (χ1v) is 5.15. The number of hydrogen-bond donors (Lipinski definition) is 0. The molecule has 0 amide bonds. The Morgan fingerprint density at radius 2 is 2.21 bits per heavy atom. The number of rotatable bonds is 4. The molecule has 14 heavy (non-hydrogen) atoms. The molecule has 1 aromatic rings. The largest absolute Gasteiger partial charge is 0.384 e. The maximum atomic E-state index is 5.25. The second-order valence-electron chi connectivity index (χ2n) is 4.49. The van der Waals surface area contributed by atoms with Crippen molar-refractivity contribution in [3.63, 3.8) is 0 Å². The molecule has 0 radical (unpaired) electrons. The van der Waals surface area contributed by atoms with E-state index in [1.54, 1.807) is 7.11 Å². The van der Waals surface area contributed by atoms with Crippen LogP contribution in [0.25, 0.3) is 0 Å². The van der Waals surface area contributed by atoms with E-state index in [4.69, 9.17) is 4.74 Å². The van der Waals surface area contributed by atoms with Gasteiger partial charge in [0, 0.05) is 25.3 Å². The minimum atomic E-state index is 0.409. The van der Waals surface area contributed by atoms with Crippen LogP contribution in [-0.2, 0) is 11.3 Å². The molecule has 0 unspecified atom stereocenters. The number of nitrogens with zero attached hydrogens (tertiary/aromatic N) is 2. The second kappa shape index (κ2) is 3.39. The summed E-state index contributed by atoms with van der Waals surface area (Å²) in [5.41, 5.74) is 1.52. The SMILES string of the molecule is COCC1(Cn2cc(C)nc2C)CC1. The van der Waals surface area contributed by atoms with Gasteiger partial charge < -0.3 is 9.30 Å². The molecule has 78 valence electrons. The lowest BCUT2D eigenvalue weighted by atomic mass is 10.1. The van der Waals surface area contributed by atoms with Gasteiger partial charge in [-0.2, -0.15) is 0 Å². The Bertz CT molecular complexity index is 326. The lowest BCUT2D eigenvalue weighted by Crippen LogP contribution is -2.17. The van der Waals surface area contributed by atoms with Gasteiger partial charge in [-0.15, -0.1) is 0 Å². The molecule has 1 aliphatic carbocycles. The molecule has 1 aliphatic rings. The fourth-order valence-electron chi connectivity index (χ4n) is 2.02. The summed E-state index contributed by atoms with van der Waals surface area (Å²) in [5, 5.41) is 0. The molecule has 3 nitrogen and oxygen atoms in total. The third-order valence-corrected chi connectivity index (χ3v) is 3.01. The summed E-state index contributed by atoms with van der Waals surface area (Å²) in [7, 11) is 1.78. The Balaban J connectivity index is 2.07. The van der Waals surface area contributed by atoms with E-state index < -0.39 is 0 Å². The summed E-state index contributed by atoms with van der Waals surface area (Å²) in [6, 6.07) is 0. The van der Waals surface area contributed by atoms with Gasteiger partial charge in [-0.25, -0.2) is 4.98 Å². The lowest BCUT2D eigenvalue weighted by molar-refractivity contribution is 0.130. The molecule has 2 rings (SSSR count). The van der Waals surface area contributed by atoms with E-state index >= 15 is 0 Å². The summed E-state index contributed by atoms with van der Waals surface area (Å²) in [6.45, 7) is 6.05. The van der Waals surface area contributed by atoms with E-state index in [1.165, 1.54) is 12.8 Å². The number of methoxy groups -OCH3 is 1. The molecule has 0 spiro atoms. The number of hydrogen-bond acceptors (Lipinski definition) is 2. The highest BCUT2D eigenvalue weighted by atomic mass is 16.5. The molecule has 0 aliphatic heterocycles. The highest BCUT2D eigenvalue weighted by Gasteiger charge is 2.43. The van der Waals surface area contributed by atoms with Crippen LogP contribution < -0.4 is 0 Å². The van der Waals surface area contributed by atoms with Crippen molar-refractivity contribution in [3.05, 3.63) is 17.7 Å². The maximum Gasteiger partial charge on any atom is 0.105 e. The predicted octanol–water partition coefficient (Wildman–Crippen LogP) is 1.93. The van der Waals surface area contributed by atoms with Gasteiger partial charge in [0.25, 0.3) is 0 Å². The fraction of sp³-hybridized carbons (Fsp3) is 0.727. The van der Waals surface area contributed by atoms with Gasteiger partial charge >= 0.3 is 0 Å². The van der Waals surface area contributed by atoms with Crippen molar-refractivity contribution in [2.45, 2.75) is 33.2 Å². The molecular formula is C11H18N2O. The molecule has 1 fully saturated rings. The molecule has 0 atom stereocenters. The van der Waals surface area contributed by atoms with Crippen molar-refractivity contribution in [1.29, 1.82) is 0 Å². The van der Waals surface area contributed by atoms with Crippen LogP contribution >= 0.6 is 0 Å². The van der Waals surface area contributed by atoms with E-state index in [2.05, 4.69) is 22.7 Å². The number of aromatic nitrogens is 2. The molecule has 3 heteroatoms. The average molecular weight is 194 g/mol. The Morgan fingerprint density at radius 3 is 2.64 bits per heavy atom. The van der Waals surface area contributed by atoms with Gasteiger partial charge in [-0.3, -0.25) is 0 Å². The first-order valence-electron chi connectivity index (χ1n) is 5.15. The van der Waals surface area contributed by atoms with E-state index in [-0.39, 0.29) is 0 Å². The van der Waals surface area contributed by atoms with Crippen molar-refractivity contribution in [1.82, 2.24) is 9.55 Å². The van der Waals surface area contributed by atoms with Gasteiger partial charge in [-0.1, -0.05) is 0 Å². The first kappa shape index (κ1) is 9.71. The zero-order valence-electron chi connectivity index (χ0n) is 9.21. The van der Waals surface area contributed by atoms with E-state index in [0.29, 0.717) is 5.41 Å². The van der Waals surface area contributed by atoms with E-state index in [1.807, 2.05) is 6.92 Å². The number of aryl methyl sites for hydroxylation is 2. The topological polar surface area (TPSA) is 27.1 Å². The van der Waals surface area contributed by atoms with Crippen molar-refractivity contribution in [2.75, 3.05) is 13.7 Å². The summed E-state index contributed by atoms with van der Waals surface area (Å²) in [4.78, 5) is 4.41. The zero-order chi connectivity index (χ0) is 10.2. The average Bonchev–Trinajstić information content (AvgIpc) is 2.77. The zero-order valence-corrected chi connectivity index (χ0v) is 9.21. The fourth-order valence-corrected chi connectivity index (χ4v) is 2.02. The molecule has 1 aromatic heterocycles. The third-order valence-electron chi connectivity index (χ3n) is 3.01. The van der Waals surface area contributed by atoms with Gasteiger partial charge in [-0.05, 0) is 26.7 Å². The minimum Gasteiger partial charge on any atom is -0.384 e. The van der Waals surface area contributed by atoms with Crippen LogP contribution in [0, 0.1) is 19.3 Å². The van der Waals surface area contributed by atoms with Crippen molar-refractivity contribution in [2.24, 2.45) is 5.41 Å². The van der Waals surface area contributed by atoms with Gasteiger partial charge in [0.05, 0.1) is 12.3 Å². The number of ether oxygens (including phenoxy) is 1. The molecular weight excluding hydrogens is 176 g/mol. The van der Waals surface area contributed by atoms with Crippen LogP contribution in [-0.4, -0.2) is 23.3 Å². The molecule has 0 saturated heterocycles. The van der Waals surface area contributed by atoms with Crippen molar-refractivity contribution < 1.29 is 4.74 Å². The first-order chi connectivity index (χ1) is 6.65. The molecule has 0 bridgehead atoms. The summed E-state index contributed by atoms with van der Waals surface area (Å²) >= 11 is 0. The Kier molecular flexibility index (Phi) is 2.35. The Hall–Kier alpha value is -0.830. The van der Waals surface area contributed by atoms with Gasteiger partial charge in [0.1, 0.15) is 5.82 Å². The van der Waals surface area contributed by atoms with E-state index in [0.717, 1.165) is 24.7 Å². The van der Waals surface area contributed by atoms with Gasteiger partial charge in [0.2, 0.25) is 0 Å². The van der Waals surface area contributed by atoms with Crippen LogP contribution in [0.15, 0.2) is 6.20 Å². The van der Waals surface area contributed by atoms with Crippen molar-refractivity contribution >= 4 is 0 Å². The second-order valence-corrected chi connectivity index (χ2v) is 4.49. The van der Waals surface area contributed by atoms with Crippen LogP contribution in [0.5, 0.6) is 0 Å². The van der Waals surface area contributed by atoms with Crippen LogP contribution in [0.4, 0.5) is 0 Å². The minimum absolute atomic E-state index is 0.409. The highest BCUT2D eigenvalue weighted by Crippen LogP contribution is 2.47. The molecule has 0 aromatic carbocycles. The maximum absolute atomic E-state index is 5.25. The standard InChI is InChI=1S/C11H18N2O/c1-9-6-13(10(2)12-9)7-11(4-5-11)8-14-3/h6H,4-5,7-8H2,1-3H3. The van der Waals surface area contributed by atoms with Crippen LogP contribution in [0.1, 0.15) is 24.4 Å². The molecule has 1 saturated carbocycles. The highest BCUT2D eigenvalue weighted by molar-refractivity contribution is 5.03. The summed E-state index contributed by atoms with van der Waals surface area (Å²) in [6.07, 6.45) is 4.71. The van der Waals surface area contributed by atoms with Gasteiger partial charge in [0.15, 0.2) is 0 Å². The van der Waals surface area contributed by atoms with Crippen molar-refractivity contribution in [3.8, 4) is 0 Å². The Labute approximate surface area is 85.1 Å². The van der Waals surface area contributed by atoms with E-state index in [9.17, 15) is 0 Å². The third kappa shape index (κ3) is 1.82. The quantitative estimate of drug-likeness (QED) is 0.732. The normalized spacial score (nSPS) is 18.5. The lowest BCUT2D eigenvalue weighted by Gasteiger charge is -2.15. The van der Waals surface area contributed by atoms with Crippen LogP contribution in [0.3, 0.4) is 0 Å². The smallest absolute Gasteiger partial charge is 0.105 e. The summed E-state index contributed by atoms with van der Waals surface area (Å²) < 4.78 is 7.51. The molecule has 0 N–H and O–H groups in total. The summed E-state index contributed by atoms with van der Waals surface area (Å²) in [5.74, 6) is 1.12. The Morgan fingerprint density at radius 1 is 1.50 bits per heavy atom. The molecule has 1 heterocycles. The monoisotopic (exact) mass is 194 g/mol.